The molecule has 0 saturated carbocycles. The van der Waals surface area contributed by atoms with Crippen molar-refractivity contribution in [1.82, 2.24) is 4.98 Å². The topological polar surface area (TPSA) is 76.0 Å². The van der Waals surface area contributed by atoms with Gasteiger partial charge in [0.2, 0.25) is 0 Å². The number of nitrogens with zero attached hydrogens (tertiary/aromatic N) is 1. The van der Waals surface area contributed by atoms with Gasteiger partial charge in [0, 0.05) is 6.07 Å². The second kappa shape index (κ2) is 2.30. The van der Waals surface area contributed by atoms with Crippen LogP contribution in [0.15, 0.2) is 12.1 Å². The Morgan fingerprint density at radius 3 is 2.60 bits per heavy atom. The summed E-state index contributed by atoms with van der Waals surface area (Å²) in [5.74, 6) is -0.165. The lowest BCUT2D eigenvalue weighted by atomic mass is 10.5. The Hall–Kier alpha value is -1.65. The van der Waals surface area contributed by atoms with E-state index in [4.69, 9.17) is 0 Å². The van der Waals surface area contributed by atoms with E-state index in [0.717, 1.165) is 0 Å². The highest BCUT2D eigenvalue weighted by Gasteiger charge is 2.05. The first-order valence-corrected chi connectivity index (χ1v) is 2.52. The first kappa shape index (κ1) is 6.47. The number of nitro groups is 1. The highest BCUT2D eigenvalue weighted by atomic mass is 16.6. The molecule has 0 bridgehead atoms. The number of aromatic nitrogens is 1. The summed E-state index contributed by atoms with van der Waals surface area (Å²) in [6, 6.07) is 2.59. The van der Waals surface area contributed by atoms with Gasteiger partial charge in [0.05, 0.1) is 0 Å². The molecule has 0 saturated heterocycles. The number of carbonyl (C=O) groups is 1. The quantitative estimate of drug-likeness (QED) is 0.374. The van der Waals surface area contributed by atoms with Crippen molar-refractivity contribution in [3.8, 4) is 0 Å². The maximum absolute atomic E-state index is 9.99. The van der Waals surface area contributed by atoms with Crippen LogP contribution in [0.5, 0.6) is 0 Å². The summed E-state index contributed by atoms with van der Waals surface area (Å²) in [5, 5.41) is 9.99. The van der Waals surface area contributed by atoms with Gasteiger partial charge in [-0.3, -0.25) is 4.79 Å². The Labute approximate surface area is 55.8 Å². The van der Waals surface area contributed by atoms with Crippen molar-refractivity contribution >= 4 is 12.1 Å². The first-order chi connectivity index (χ1) is 4.74. The lowest BCUT2D eigenvalue weighted by Crippen LogP contribution is -1.87. The van der Waals surface area contributed by atoms with Gasteiger partial charge in [-0.15, -0.1) is 0 Å². The maximum atomic E-state index is 9.99. The van der Waals surface area contributed by atoms with Crippen LogP contribution in [0.4, 0.5) is 5.82 Å². The van der Waals surface area contributed by atoms with Crippen LogP contribution in [0.25, 0.3) is 0 Å². The van der Waals surface area contributed by atoms with Crippen LogP contribution in [0.1, 0.15) is 10.5 Å². The van der Waals surface area contributed by atoms with Crippen LogP contribution < -0.4 is 0 Å². The molecule has 52 valence electrons. The van der Waals surface area contributed by atoms with Crippen molar-refractivity contribution in [2.24, 2.45) is 0 Å². The Morgan fingerprint density at radius 1 is 1.60 bits per heavy atom. The van der Waals surface area contributed by atoms with Crippen molar-refractivity contribution in [2.45, 2.75) is 0 Å². The molecule has 0 aliphatic heterocycles. The minimum absolute atomic E-state index is 0.165. The summed E-state index contributed by atoms with van der Waals surface area (Å²) in [5.41, 5.74) is 0.215. The van der Waals surface area contributed by atoms with Crippen LogP contribution in [-0.2, 0) is 0 Å². The first-order valence-electron chi connectivity index (χ1n) is 2.52. The molecule has 5 nitrogen and oxygen atoms in total. The Bertz CT molecular complexity index is 266. The third-order valence-electron chi connectivity index (χ3n) is 1.02. The van der Waals surface area contributed by atoms with Crippen molar-refractivity contribution in [2.75, 3.05) is 0 Å². The van der Waals surface area contributed by atoms with E-state index in [0.29, 0.717) is 6.29 Å². The number of carbonyl (C=O) groups excluding carboxylic acids is 1. The van der Waals surface area contributed by atoms with E-state index in [1.807, 2.05) is 0 Å². The molecule has 1 aromatic rings. The molecule has 0 fully saturated rings. The zero-order valence-corrected chi connectivity index (χ0v) is 4.90. The van der Waals surface area contributed by atoms with E-state index in [2.05, 4.69) is 4.98 Å². The SMILES string of the molecule is O=Cc1ccc([N+](=O)[O-])[nH]1. The van der Waals surface area contributed by atoms with Crippen molar-refractivity contribution in [3.63, 3.8) is 0 Å². The fourth-order valence-electron chi connectivity index (χ4n) is 0.575. The lowest BCUT2D eigenvalue weighted by Gasteiger charge is -1.85. The standard InChI is InChI=1S/C5H4N2O3/c8-3-4-1-2-5(6-4)7(9)10/h1-3,6H. The summed E-state index contributed by atoms with van der Waals surface area (Å²) in [6.07, 6.45) is 0.521. The average molecular weight is 140 g/mol. The van der Waals surface area contributed by atoms with Crippen LogP contribution >= 0.6 is 0 Å². The number of rotatable bonds is 2. The molecule has 0 amide bonds. The molecule has 1 heterocycles. The molecule has 0 atom stereocenters. The Kier molecular flexibility index (Phi) is 1.49. The van der Waals surface area contributed by atoms with Crippen molar-refractivity contribution in [1.29, 1.82) is 0 Å². The number of aldehydes is 1. The van der Waals surface area contributed by atoms with Crippen LogP contribution in [-0.4, -0.2) is 16.2 Å². The van der Waals surface area contributed by atoms with Crippen molar-refractivity contribution in [3.05, 3.63) is 27.9 Å². The molecule has 0 aromatic carbocycles. The summed E-state index contributed by atoms with van der Waals surface area (Å²) < 4.78 is 0. The van der Waals surface area contributed by atoms with E-state index < -0.39 is 4.92 Å². The van der Waals surface area contributed by atoms with Crippen molar-refractivity contribution < 1.29 is 9.72 Å². The molecule has 0 unspecified atom stereocenters. The van der Waals surface area contributed by atoms with Gasteiger partial charge in [0.15, 0.2) is 12.0 Å². The Balaban J connectivity index is 2.98. The second-order valence-corrected chi connectivity index (χ2v) is 1.67. The fourth-order valence-corrected chi connectivity index (χ4v) is 0.575. The van der Waals surface area contributed by atoms with E-state index in [1.165, 1.54) is 12.1 Å². The molecule has 0 aliphatic carbocycles. The zero-order chi connectivity index (χ0) is 7.56. The minimum atomic E-state index is -0.590. The number of aromatic amines is 1. The molecular weight excluding hydrogens is 136 g/mol. The summed E-state index contributed by atoms with van der Waals surface area (Å²) in [7, 11) is 0. The molecule has 1 rings (SSSR count). The third kappa shape index (κ3) is 1.02. The van der Waals surface area contributed by atoms with E-state index in [9.17, 15) is 14.9 Å². The van der Waals surface area contributed by atoms with Crippen LogP contribution in [0.3, 0.4) is 0 Å². The highest BCUT2D eigenvalue weighted by molar-refractivity contribution is 5.72. The monoisotopic (exact) mass is 140 g/mol. The maximum Gasteiger partial charge on any atom is 0.321 e. The molecule has 1 aromatic heterocycles. The molecule has 10 heavy (non-hydrogen) atoms. The van der Waals surface area contributed by atoms with Crippen LogP contribution in [0, 0.1) is 10.1 Å². The minimum Gasteiger partial charge on any atom is -0.358 e. The predicted molar refractivity (Wildman–Crippen MR) is 32.8 cm³/mol. The summed E-state index contributed by atoms with van der Waals surface area (Å²) in [6.45, 7) is 0. The Morgan fingerprint density at radius 2 is 2.30 bits per heavy atom. The summed E-state index contributed by atoms with van der Waals surface area (Å²) >= 11 is 0. The smallest absolute Gasteiger partial charge is 0.321 e. The van der Waals surface area contributed by atoms with Gasteiger partial charge in [-0.2, -0.15) is 0 Å². The lowest BCUT2D eigenvalue weighted by molar-refractivity contribution is -0.389. The van der Waals surface area contributed by atoms with Crippen LogP contribution in [0.2, 0.25) is 0 Å². The normalized spacial score (nSPS) is 9.20. The van der Waals surface area contributed by atoms with Gasteiger partial charge in [0.25, 0.3) is 0 Å². The number of hydrogen-bond donors (Lipinski definition) is 1. The van der Waals surface area contributed by atoms with Gasteiger partial charge < -0.3 is 10.1 Å². The zero-order valence-electron chi connectivity index (χ0n) is 4.90. The molecule has 0 radical (unpaired) electrons. The fraction of sp³-hybridized carbons (Fsp3) is 0. The molecule has 5 heteroatoms. The average Bonchev–Trinajstić information content (AvgIpc) is 2.34. The van der Waals surface area contributed by atoms with Gasteiger partial charge >= 0.3 is 5.82 Å². The number of nitrogens with one attached hydrogen (secondary N) is 1. The molecular formula is C5H4N2O3. The number of hydrogen-bond acceptors (Lipinski definition) is 3. The van der Waals surface area contributed by atoms with Gasteiger partial charge in [-0.1, -0.05) is 0 Å². The second-order valence-electron chi connectivity index (χ2n) is 1.67. The van der Waals surface area contributed by atoms with E-state index in [1.54, 1.807) is 0 Å². The molecule has 0 aliphatic rings. The highest BCUT2D eigenvalue weighted by Crippen LogP contribution is 2.07. The van der Waals surface area contributed by atoms with Gasteiger partial charge in [-0.05, 0) is 11.0 Å². The molecule has 0 spiro atoms. The van der Waals surface area contributed by atoms with Gasteiger partial charge in [0.1, 0.15) is 0 Å². The third-order valence-corrected chi connectivity index (χ3v) is 1.02. The largest absolute Gasteiger partial charge is 0.358 e. The predicted octanol–water partition coefficient (Wildman–Crippen LogP) is 0.735. The van der Waals surface area contributed by atoms with E-state index in [-0.39, 0.29) is 11.5 Å². The molecule has 1 N–H and O–H groups in total. The van der Waals surface area contributed by atoms with Gasteiger partial charge in [-0.25, -0.2) is 4.98 Å². The number of H-pyrrole nitrogens is 1. The van der Waals surface area contributed by atoms with E-state index >= 15 is 0 Å². The summed E-state index contributed by atoms with van der Waals surface area (Å²) in [4.78, 5) is 21.7.